The molecular weight excluding hydrogens is 290 g/mol. The number of imidazole rings is 1. The molecule has 0 aliphatic heterocycles. The zero-order valence-electron chi connectivity index (χ0n) is 13.8. The first kappa shape index (κ1) is 16.8. The summed E-state index contributed by atoms with van der Waals surface area (Å²) in [5.74, 6) is 0.602. The molecule has 0 saturated heterocycles. The van der Waals surface area contributed by atoms with E-state index in [-0.39, 0.29) is 5.91 Å². The minimum Gasteiger partial charge on any atom is -0.490 e. The summed E-state index contributed by atoms with van der Waals surface area (Å²) < 4.78 is 7.44. The van der Waals surface area contributed by atoms with Gasteiger partial charge in [-0.3, -0.25) is 9.20 Å². The summed E-state index contributed by atoms with van der Waals surface area (Å²) in [6.45, 7) is 12.8. The Balaban J connectivity index is 2.58. The highest BCUT2D eigenvalue weighted by molar-refractivity contribution is 5.95. The van der Waals surface area contributed by atoms with E-state index in [0.29, 0.717) is 43.2 Å². The molecule has 5 nitrogen and oxygen atoms in total. The minimum atomic E-state index is -0.0807. The van der Waals surface area contributed by atoms with Crippen LogP contribution < -0.4 is 4.74 Å². The van der Waals surface area contributed by atoms with Crippen LogP contribution in [-0.2, 0) is 6.42 Å². The molecule has 2 aromatic rings. The number of hydrogen-bond acceptors (Lipinski definition) is 3. The molecule has 0 spiro atoms. The number of hydrogen-bond donors (Lipinski definition) is 0. The van der Waals surface area contributed by atoms with Crippen LogP contribution in [0.3, 0.4) is 0 Å². The fraction of sp³-hybridized carbons (Fsp3) is 0.333. The second-order valence-electron chi connectivity index (χ2n) is 5.05. The van der Waals surface area contributed by atoms with Gasteiger partial charge in [0.25, 0.3) is 5.91 Å². The minimum absolute atomic E-state index is 0.0807. The Morgan fingerprint density at radius 3 is 2.61 bits per heavy atom. The molecule has 0 aliphatic carbocycles. The topological polar surface area (TPSA) is 46.8 Å². The van der Waals surface area contributed by atoms with E-state index < -0.39 is 0 Å². The van der Waals surface area contributed by atoms with Crippen molar-refractivity contribution in [3.63, 3.8) is 0 Å². The maximum absolute atomic E-state index is 13.0. The van der Waals surface area contributed by atoms with Crippen LogP contribution in [0.5, 0.6) is 5.75 Å². The summed E-state index contributed by atoms with van der Waals surface area (Å²) in [5, 5.41) is 0. The number of fused-ring (bicyclic) bond motifs is 1. The Morgan fingerprint density at radius 1 is 1.35 bits per heavy atom. The molecule has 2 heterocycles. The molecule has 0 aliphatic rings. The van der Waals surface area contributed by atoms with Gasteiger partial charge in [-0.15, -0.1) is 13.2 Å². The third-order valence-electron chi connectivity index (χ3n) is 3.51. The first-order chi connectivity index (χ1) is 11.2. The van der Waals surface area contributed by atoms with Crippen LogP contribution in [0.25, 0.3) is 5.65 Å². The smallest absolute Gasteiger partial charge is 0.273 e. The molecule has 2 rings (SSSR count). The molecule has 2 aromatic heterocycles. The Labute approximate surface area is 136 Å². The van der Waals surface area contributed by atoms with Gasteiger partial charge in [-0.25, -0.2) is 4.98 Å². The van der Waals surface area contributed by atoms with Gasteiger partial charge in [-0.05, 0) is 25.5 Å². The maximum Gasteiger partial charge on any atom is 0.273 e. The highest BCUT2D eigenvalue weighted by Crippen LogP contribution is 2.23. The molecule has 0 bridgehead atoms. The Kier molecular flexibility index (Phi) is 5.57. The summed E-state index contributed by atoms with van der Waals surface area (Å²) >= 11 is 0. The number of carbonyl (C=O) groups is 1. The van der Waals surface area contributed by atoms with Gasteiger partial charge < -0.3 is 9.64 Å². The van der Waals surface area contributed by atoms with Crippen LogP contribution in [0.4, 0.5) is 0 Å². The van der Waals surface area contributed by atoms with Gasteiger partial charge in [0.05, 0.1) is 12.3 Å². The molecular formula is C18H23N3O2. The SMILES string of the molecule is C=CCN(CC=C)C(=O)c1c(CC)nc2c(OCC)cccn12. The summed E-state index contributed by atoms with van der Waals surface area (Å²) in [6, 6.07) is 3.73. The lowest BCUT2D eigenvalue weighted by atomic mass is 10.2. The lowest BCUT2D eigenvalue weighted by molar-refractivity contribution is 0.0783. The van der Waals surface area contributed by atoms with Crippen LogP contribution in [0.15, 0.2) is 43.6 Å². The van der Waals surface area contributed by atoms with Crippen LogP contribution in [0.1, 0.15) is 30.0 Å². The van der Waals surface area contributed by atoms with E-state index in [9.17, 15) is 4.79 Å². The van der Waals surface area contributed by atoms with E-state index in [4.69, 9.17) is 4.74 Å². The van der Waals surface area contributed by atoms with Crippen molar-refractivity contribution < 1.29 is 9.53 Å². The predicted octanol–water partition coefficient (Wildman–Crippen LogP) is 3.11. The molecule has 0 unspecified atom stereocenters. The van der Waals surface area contributed by atoms with E-state index in [1.807, 2.05) is 36.6 Å². The molecule has 0 fully saturated rings. The van der Waals surface area contributed by atoms with Crippen molar-refractivity contribution in [3.05, 3.63) is 55.0 Å². The van der Waals surface area contributed by atoms with E-state index >= 15 is 0 Å². The lowest BCUT2D eigenvalue weighted by Gasteiger charge is -2.19. The summed E-state index contributed by atoms with van der Waals surface area (Å²) in [6.07, 6.45) is 5.94. The van der Waals surface area contributed by atoms with Gasteiger partial charge in [-0.2, -0.15) is 0 Å². The highest BCUT2D eigenvalue weighted by Gasteiger charge is 2.23. The molecule has 5 heteroatoms. The highest BCUT2D eigenvalue weighted by atomic mass is 16.5. The number of rotatable bonds is 8. The predicted molar refractivity (Wildman–Crippen MR) is 92.0 cm³/mol. The molecule has 23 heavy (non-hydrogen) atoms. The van der Waals surface area contributed by atoms with E-state index in [1.54, 1.807) is 17.1 Å². The second-order valence-corrected chi connectivity index (χ2v) is 5.05. The average Bonchev–Trinajstić information content (AvgIpc) is 2.94. The van der Waals surface area contributed by atoms with Crippen LogP contribution in [0, 0.1) is 0 Å². The van der Waals surface area contributed by atoms with Crippen LogP contribution >= 0.6 is 0 Å². The third kappa shape index (κ3) is 3.28. The number of nitrogens with zero attached hydrogens (tertiary/aromatic N) is 3. The molecule has 0 radical (unpaired) electrons. The van der Waals surface area contributed by atoms with Crippen molar-refractivity contribution in [2.24, 2.45) is 0 Å². The van der Waals surface area contributed by atoms with Gasteiger partial charge in [0.2, 0.25) is 0 Å². The molecule has 1 amide bonds. The number of carbonyl (C=O) groups excluding carboxylic acids is 1. The van der Waals surface area contributed by atoms with Gasteiger partial charge >= 0.3 is 0 Å². The van der Waals surface area contributed by atoms with Crippen LogP contribution in [-0.4, -0.2) is 39.9 Å². The van der Waals surface area contributed by atoms with Crippen molar-refractivity contribution in [1.29, 1.82) is 0 Å². The number of aromatic nitrogens is 2. The van der Waals surface area contributed by atoms with E-state index in [1.165, 1.54) is 0 Å². The molecule has 0 aromatic carbocycles. The molecule has 122 valence electrons. The van der Waals surface area contributed by atoms with Crippen molar-refractivity contribution in [1.82, 2.24) is 14.3 Å². The Hall–Kier alpha value is -2.56. The van der Waals surface area contributed by atoms with Crippen molar-refractivity contribution >= 4 is 11.6 Å². The molecule has 0 atom stereocenters. The quantitative estimate of drug-likeness (QED) is 0.704. The molecule has 0 saturated carbocycles. The van der Waals surface area contributed by atoms with Gasteiger partial charge in [-0.1, -0.05) is 19.1 Å². The standard InChI is InChI=1S/C18H23N3O2/c1-5-11-20(12-6-2)18(22)16-14(7-3)19-17-15(23-8-4)10-9-13-21(16)17/h5-6,9-10,13H,1-2,7-8,11-12H2,3-4H3. The summed E-state index contributed by atoms with van der Waals surface area (Å²) in [5.41, 5.74) is 2.01. The average molecular weight is 313 g/mol. The van der Waals surface area contributed by atoms with Gasteiger partial charge in [0, 0.05) is 19.3 Å². The normalized spacial score (nSPS) is 10.5. The number of aryl methyl sites for hydroxylation is 1. The van der Waals surface area contributed by atoms with Crippen LogP contribution in [0.2, 0.25) is 0 Å². The monoisotopic (exact) mass is 313 g/mol. The van der Waals surface area contributed by atoms with Crippen molar-refractivity contribution in [3.8, 4) is 5.75 Å². The Morgan fingerprint density at radius 2 is 2.04 bits per heavy atom. The van der Waals surface area contributed by atoms with Gasteiger partial charge in [0.1, 0.15) is 5.69 Å². The number of ether oxygens (including phenoxy) is 1. The first-order valence-corrected chi connectivity index (χ1v) is 7.81. The second kappa shape index (κ2) is 7.63. The number of amides is 1. The molecule has 0 N–H and O–H groups in total. The lowest BCUT2D eigenvalue weighted by Crippen LogP contribution is -2.32. The zero-order chi connectivity index (χ0) is 16.8. The van der Waals surface area contributed by atoms with E-state index in [2.05, 4.69) is 18.1 Å². The van der Waals surface area contributed by atoms with Crippen molar-refractivity contribution in [2.75, 3.05) is 19.7 Å². The fourth-order valence-corrected chi connectivity index (χ4v) is 2.53. The van der Waals surface area contributed by atoms with Gasteiger partial charge in [0.15, 0.2) is 11.4 Å². The van der Waals surface area contributed by atoms with E-state index in [0.717, 1.165) is 5.69 Å². The van der Waals surface area contributed by atoms with Crippen molar-refractivity contribution in [2.45, 2.75) is 20.3 Å². The summed E-state index contributed by atoms with van der Waals surface area (Å²) in [7, 11) is 0. The zero-order valence-corrected chi connectivity index (χ0v) is 13.8. The number of pyridine rings is 1. The Bertz CT molecular complexity index is 708. The fourth-order valence-electron chi connectivity index (χ4n) is 2.53. The summed E-state index contributed by atoms with van der Waals surface area (Å²) in [4.78, 5) is 19.3. The first-order valence-electron chi connectivity index (χ1n) is 7.81. The largest absolute Gasteiger partial charge is 0.490 e. The third-order valence-corrected chi connectivity index (χ3v) is 3.51. The maximum atomic E-state index is 13.0.